The number of hydrogen-bond donors (Lipinski definition) is 0. The molecule has 0 saturated heterocycles. The smallest absolute Gasteiger partial charge is 0.209 e. The topological polar surface area (TPSA) is 49.8 Å². The van der Waals surface area contributed by atoms with Crippen LogP contribution in [0.2, 0.25) is 0 Å². The molecule has 0 aliphatic heterocycles. The van der Waals surface area contributed by atoms with Gasteiger partial charge in [-0.05, 0) is 17.7 Å². The van der Waals surface area contributed by atoms with Gasteiger partial charge in [-0.25, -0.2) is 4.98 Å². The number of oxazole rings is 1. The number of hydrogen-bond acceptors (Lipinski definition) is 3. The van der Waals surface area contributed by atoms with Gasteiger partial charge in [-0.2, -0.15) is 5.26 Å². The van der Waals surface area contributed by atoms with E-state index in [-0.39, 0.29) is 6.42 Å². The molecule has 0 radical (unpaired) electrons. The first kappa shape index (κ1) is 9.04. The van der Waals surface area contributed by atoms with Gasteiger partial charge in [0.2, 0.25) is 5.89 Å². The van der Waals surface area contributed by atoms with Gasteiger partial charge in [0.05, 0.1) is 6.07 Å². The van der Waals surface area contributed by atoms with Crippen molar-refractivity contribution in [3.63, 3.8) is 0 Å². The van der Waals surface area contributed by atoms with Crippen LogP contribution in [0, 0.1) is 11.3 Å². The molecule has 1 heterocycles. The zero-order chi connectivity index (χ0) is 9.97. The predicted octanol–water partition coefficient (Wildman–Crippen LogP) is 2.63. The van der Waals surface area contributed by atoms with E-state index in [4.69, 9.17) is 21.3 Å². The Bertz CT molecular complexity index is 498. The van der Waals surface area contributed by atoms with E-state index in [1.54, 1.807) is 0 Å². The van der Waals surface area contributed by atoms with Crippen molar-refractivity contribution in [1.82, 2.24) is 4.98 Å². The summed E-state index contributed by atoms with van der Waals surface area (Å²) in [6, 6.07) is 7.56. The number of nitriles is 1. The largest absolute Gasteiger partial charge is 0.440 e. The first-order valence-corrected chi connectivity index (χ1v) is 4.68. The zero-order valence-electron chi connectivity index (χ0n) is 7.33. The molecule has 0 aliphatic carbocycles. The van der Waals surface area contributed by atoms with Gasteiger partial charge in [0.15, 0.2) is 5.58 Å². The summed E-state index contributed by atoms with van der Waals surface area (Å²) < 4.78 is 5.33. The average Bonchev–Trinajstić information content (AvgIpc) is 2.59. The van der Waals surface area contributed by atoms with Crippen molar-refractivity contribution in [1.29, 1.82) is 5.26 Å². The normalized spacial score (nSPS) is 10.3. The SMILES string of the molecule is N#CCc1nc2cc(CCl)ccc2o1. The number of fused-ring (bicyclic) bond motifs is 1. The van der Waals surface area contributed by atoms with Gasteiger partial charge in [0.25, 0.3) is 0 Å². The molecule has 1 aromatic carbocycles. The second kappa shape index (κ2) is 3.69. The Balaban J connectivity index is 2.50. The van der Waals surface area contributed by atoms with Crippen molar-refractivity contribution in [3.05, 3.63) is 29.7 Å². The van der Waals surface area contributed by atoms with E-state index in [2.05, 4.69) is 4.98 Å². The molecule has 4 heteroatoms. The van der Waals surface area contributed by atoms with Gasteiger partial charge in [-0.15, -0.1) is 11.6 Å². The maximum absolute atomic E-state index is 8.47. The molecule has 2 rings (SSSR count). The standard InChI is InChI=1S/C10H7ClN2O/c11-6-7-1-2-9-8(5-7)13-10(14-9)3-4-12/h1-2,5H,3,6H2. The third kappa shape index (κ3) is 1.57. The lowest BCUT2D eigenvalue weighted by molar-refractivity contribution is 0.548. The third-order valence-corrected chi connectivity index (χ3v) is 2.19. The van der Waals surface area contributed by atoms with E-state index in [1.807, 2.05) is 24.3 Å². The quantitative estimate of drug-likeness (QED) is 0.710. The molecule has 70 valence electrons. The lowest BCUT2D eigenvalue weighted by atomic mass is 10.2. The second-order valence-electron chi connectivity index (χ2n) is 2.88. The highest BCUT2D eigenvalue weighted by Gasteiger charge is 2.05. The van der Waals surface area contributed by atoms with Crippen molar-refractivity contribution in [2.24, 2.45) is 0 Å². The van der Waals surface area contributed by atoms with Crippen LogP contribution in [-0.4, -0.2) is 4.98 Å². The van der Waals surface area contributed by atoms with Gasteiger partial charge >= 0.3 is 0 Å². The van der Waals surface area contributed by atoms with Gasteiger partial charge in [0.1, 0.15) is 11.9 Å². The molecule has 1 aromatic heterocycles. The fraction of sp³-hybridized carbons (Fsp3) is 0.200. The molecule has 0 spiro atoms. The summed E-state index contributed by atoms with van der Waals surface area (Å²) in [5, 5.41) is 8.47. The zero-order valence-corrected chi connectivity index (χ0v) is 8.08. The molecule has 0 bridgehead atoms. The Kier molecular flexibility index (Phi) is 2.38. The molecular weight excluding hydrogens is 200 g/mol. The Morgan fingerprint density at radius 1 is 1.50 bits per heavy atom. The van der Waals surface area contributed by atoms with Gasteiger partial charge in [-0.1, -0.05) is 6.07 Å². The fourth-order valence-corrected chi connectivity index (χ4v) is 1.41. The van der Waals surface area contributed by atoms with Crippen molar-refractivity contribution < 1.29 is 4.42 Å². The van der Waals surface area contributed by atoms with Crippen LogP contribution in [0.3, 0.4) is 0 Å². The summed E-state index contributed by atoms with van der Waals surface area (Å²) in [7, 11) is 0. The summed E-state index contributed by atoms with van der Waals surface area (Å²) in [6.45, 7) is 0. The highest BCUT2D eigenvalue weighted by atomic mass is 35.5. The molecule has 0 amide bonds. The Morgan fingerprint density at radius 3 is 3.07 bits per heavy atom. The number of aromatic nitrogens is 1. The summed E-state index contributed by atoms with van der Waals surface area (Å²) in [4.78, 5) is 4.16. The van der Waals surface area contributed by atoms with Crippen LogP contribution in [0.5, 0.6) is 0 Å². The highest BCUT2D eigenvalue weighted by molar-refractivity contribution is 6.17. The molecule has 2 aromatic rings. The van der Waals surface area contributed by atoms with Crippen LogP contribution in [0.25, 0.3) is 11.1 Å². The maximum Gasteiger partial charge on any atom is 0.209 e. The molecule has 0 fully saturated rings. The molecule has 3 nitrogen and oxygen atoms in total. The van der Waals surface area contributed by atoms with Gasteiger partial charge in [0, 0.05) is 5.88 Å². The summed E-state index contributed by atoms with van der Waals surface area (Å²) in [6.07, 6.45) is 0.199. The van der Waals surface area contributed by atoms with Crippen molar-refractivity contribution in [3.8, 4) is 6.07 Å². The number of halogens is 1. The third-order valence-electron chi connectivity index (χ3n) is 1.88. The van der Waals surface area contributed by atoms with Gasteiger partial charge < -0.3 is 4.42 Å². The van der Waals surface area contributed by atoms with Gasteiger partial charge in [-0.3, -0.25) is 0 Å². The van der Waals surface area contributed by atoms with E-state index in [0.717, 1.165) is 11.1 Å². The Hall–Kier alpha value is -1.53. The van der Waals surface area contributed by atoms with Crippen molar-refractivity contribution >= 4 is 22.7 Å². The minimum absolute atomic E-state index is 0.199. The minimum atomic E-state index is 0.199. The summed E-state index contributed by atoms with van der Waals surface area (Å²) in [5.41, 5.74) is 2.45. The number of rotatable bonds is 2. The van der Waals surface area contributed by atoms with Crippen LogP contribution in [0.4, 0.5) is 0 Å². The number of nitrogens with zero attached hydrogens (tertiary/aromatic N) is 2. The highest BCUT2D eigenvalue weighted by Crippen LogP contribution is 2.18. The van der Waals surface area contributed by atoms with Crippen LogP contribution < -0.4 is 0 Å². The second-order valence-corrected chi connectivity index (χ2v) is 3.15. The predicted molar refractivity (Wildman–Crippen MR) is 52.9 cm³/mol. The first-order valence-electron chi connectivity index (χ1n) is 4.15. The summed E-state index contributed by atoms with van der Waals surface area (Å²) in [5.74, 6) is 0.908. The number of alkyl halides is 1. The van der Waals surface area contributed by atoms with Crippen LogP contribution in [0.1, 0.15) is 11.5 Å². The molecular formula is C10H7ClN2O. The average molecular weight is 207 g/mol. The van der Waals surface area contributed by atoms with E-state index >= 15 is 0 Å². The molecule has 0 unspecified atom stereocenters. The molecule has 0 atom stereocenters. The summed E-state index contributed by atoms with van der Waals surface area (Å²) >= 11 is 5.68. The van der Waals surface area contributed by atoms with Crippen LogP contribution in [0.15, 0.2) is 22.6 Å². The van der Waals surface area contributed by atoms with E-state index < -0.39 is 0 Å². The van der Waals surface area contributed by atoms with E-state index in [1.165, 1.54) is 0 Å². The van der Waals surface area contributed by atoms with Crippen molar-refractivity contribution in [2.75, 3.05) is 0 Å². The molecule has 0 saturated carbocycles. The minimum Gasteiger partial charge on any atom is -0.440 e. The fourth-order valence-electron chi connectivity index (χ4n) is 1.25. The lowest BCUT2D eigenvalue weighted by Gasteiger charge is -1.91. The molecule has 0 N–H and O–H groups in total. The number of benzene rings is 1. The lowest BCUT2D eigenvalue weighted by Crippen LogP contribution is -1.79. The maximum atomic E-state index is 8.47. The molecule has 14 heavy (non-hydrogen) atoms. The Morgan fingerprint density at radius 2 is 2.36 bits per heavy atom. The van der Waals surface area contributed by atoms with E-state index in [0.29, 0.717) is 17.4 Å². The monoisotopic (exact) mass is 206 g/mol. The first-order chi connectivity index (χ1) is 6.83. The molecule has 0 aliphatic rings. The van der Waals surface area contributed by atoms with Crippen LogP contribution >= 0.6 is 11.6 Å². The van der Waals surface area contributed by atoms with Crippen LogP contribution in [-0.2, 0) is 12.3 Å². The Labute approximate surface area is 85.9 Å². The van der Waals surface area contributed by atoms with Crippen molar-refractivity contribution in [2.45, 2.75) is 12.3 Å². The van der Waals surface area contributed by atoms with E-state index in [9.17, 15) is 0 Å².